The molecule has 3 nitrogen and oxygen atoms in total. The minimum Gasteiger partial charge on any atom is -0.353 e. The van der Waals surface area contributed by atoms with E-state index in [2.05, 4.69) is 28.2 Å². The molecule has 126 valence electrons. The summed E-state index contributed by atoms with van der Waals surface area (Å²) < 4.78 is 0.865. The number of carbonyl (C=O) groups excluding carboxylic acids is 2. The van der Waals surface area contributed by atoms with Crippen LogP contribution in [0.1, 0.15) is 55.8 Å². The molecule has 0 aliphatic heterocycles. The third kappa shape index (κ3) is 9.61. The normalized spacial score (nSPS) is 10.9. The summed E-state index contributed by atoms with van der Waals surface area (Å²) in [7, 11) is 0. The molecule has 0 unspecified atom stereocenters. The van der Waals surface area contributed by atoms with Gasteiger partial charge in [-0.2, -0.15) is 0 Å². The minimum absolute atomic E-state index is 0.0775. The lowest BCUT2D eigenvalue weighted by atomic mass is 10.1. The molecule has 0 saturated carbocycles. The Bertz CT molecular complexity index is 532. The van der Waals surface area contributed by atoms with Gasteiger partial charge in [-0.3, -0.25) is 9.59 Å². The largest absolute Gasteiger partial charge is 0.353 e. The van der Waals surface area contributed by atoms with Gasteiger partial charge in [0.1, 0.15) is 0 Å². The van der Waals surface area contributed by atoms with Crippen LogP contribution in [0.15, 0.2) is 40.2 Å². The molecule has 0 heterocycles. The number of unbranched alkanes of at least 4 members (excludes halogenated alkanes) is 5. The van der Waals surface area contributed by atoms with Crippen LogP contribution in [0.3, 0.4) is 0 Å². The average Bonchev–Trinajstić information content (AvgIpc) is 2.54. The van der Waals surface area contributed by atoms with Crippen LogP contribution in [0.25, 0.3) is 0 Å². The summed E-state index contributed by atoms with van der Waals surface area (Å²) in [5, 5.41) is 4.30. The molecule has 0 bridgehead atoms. The summed E-state index contributed by atoms with van der Waals surface area (Å²) in [4.78, 5) is 23.5. The van der Waals surface area contributed by atoms with E-state index < -0.39 is 0 Å². The Morgan fingerprint density at radius 3 is 2.65 bits per heavy atom. The number of halogens is 1. The minimum atomic E-state index is -0.145. The maximum absolute atomic E-state index is 11.9. The smallest absolute Gasteiger partial charge is 0.244 e. The quantitative estimate of drug-likeness (QED) is 0.429. The zero-order valence-electron chi connectivity index (χ0n) is 13.5. The molecule has 0 radical (unpaired) electrons. The van der Waals surface area contributed by atoms with Crippen LogP contribution >= 0.6 is 27.7 Å². The second-order valence-electron chi connectivity index (χ2n) is 5.28. The third-order valence-electron chi connectivity index (χ3n) is 3.28. The van der Waals surface area contributed by atoms with Crippen LogP contribution in [0, 0.1) is 0 Å². The number of amides is 1. The first-order valence-corrected chi connectivity index (χ1v) is 9.71. The van der Waals surface area contributed by atoms with E-state index in [4.69, 9.17) is 0 Å². The topological polar surface area (TPSA) is 46.2 Å². The highest BCUT2D eigenvalue weighted by Crippen LogP contribution is 2.17. The Morgan fingerprint density at radius 1 is 1.17 bits per heavy atom. The van der Waals surface area contributed by atoms with E-state index in [1.165, 1.54) is 31.8 Å². The lowest BCUT2D eigenvalue weighted by molar-refractivity contribution is -0.116. The maximum Gasteiger partial charge on any atom is 0.244 e. The fraction of sp³-hybridized carbons (Fsp3) is 0.444. The number of thioether (sulfide) groups is 1. The van der Waals surface area contributed by atoms with E-state index in [-0.39, 0.29) is 11.0 Å². The average molecular weight is 398 g/mol. The van der Waals surface area contributed by atoms with Gasteiger partial charge >= 0.3 is 0 Å². The SMILES string of the molecule is CCCCCCCCNC(=O)C=CSC(=O)c1cccc(Br)c1. The van der Waals surface area contributed by atoms with Crippen molar-refractivity contribution in [3.63, 3.8) is 0 Å². The molecule has 0 aliphatic carbocycles. The van der Waals surface area contributed by atoms with Crippen molar-refractivity contribution >= 4 is 38.7 Å². The fourth-order valence-corrected chi connectivity index (χ4v) is 2.99. The number of rotatable bonds is 10. The van der Waals surface area contributed by atoms with Crippen LogP contribution in [0.4, 0.5) is 0 Å². The lowest BCUT2D eigenvalue weighted by Crippen LogP contribution is -2.21. The molecule has 0 spiro atoms. The van der Waals surface area contributed by atoms with Gasteiger partial charge < -0.3 is 5.32 Å². The first-order chi connectivity index (χ1) is 11.1. The molecular formula is C18H24BrNO2S. The van der Waals surface area contributed by atoms with Crippen LogP contribution < -0.4 is 5.32 Å². The molecule has 1 rings (SSSR count). The molecule has 1 aromatic carbocycles. The molecule has 1 N–H and O–H groups in total. The molecule has 0 fully saturated rings. The summed E-state index contributed by atoms with van der Waals surface area (Å²) in [6.07, 6.45) is 8.62. The van der Waals surface area contributed by atoms with Gasteiger partial charge in [0.15, 0.2) is 0 Å². The zero-order valence-corrected chi connectivity index (χ0v) is 15.9. The molecule has 23 heavy (non-hydrogen) atoms. The third-order valence-corrected chi connectivity index (χ3v) is 4.50. The summed E-state index contributed by atoms with van der Waals surface area (Å²) >= 11 is 4.35. The first-order valence-electron chi connectivity index (χ1n) is 8.04. The molecule has 5 heteroatoms. The van der Waals surface area contributed by atoms with Crippen LogP contribution in [0.2, 0.25) is 0 Å². The van der Waals surface area contributed by atoms with Crippen molar-refractivity contribution in [2.45, 2.75) is 45.4 Å². The monoisotopic (exact) mass is 397 g/mol. The Balaban J connectivity index is 2.16. The number of benzene rings is 1. The summed E-state index contributed by atoms with van der Waals surface area (Å²) in [6.45, 7) is 2.89. The van der Waals surface area contributed by atoms with E-state index in [0.29, 0.717) is 12.1 Å². The molecule has 1 aromatic rings. The molecule has 0 saturated heterocycles. The van der Waals surface area contributed by atoms with Crippen LogP contribution in [-0.2, 0) is 4.79 Å². The van der Waals surface area contributed by atoms with Gasteiger partial charge in [-0.05, 0) is 24.0 Å². The lowest BCUT2D eigenvalue weighted by Gasteiger charge is -2.02. The standard InChI is InChI=1S/C18H24BrNO2S/c1-2-3-4-5-6-7-12-20-17(21)11-13-23-18(22)15-9-8-10-16(19)14-15/h8-11,13-14H,2-7,12H2,1H3,(H,20,21). The van der Waals surface area contributed by atoms with Crippen LogP contribution in [0.5, 0.6) is 0 Å². The van der Waals surface area contributed by atoms with Gasteiger partial charge in [0.25, 0.3) is 0 Å². The van der Waals surface area contributed by atoms with Crippen molar-refractivity contribution in [2.75, 3.05) is 6.54 Å². The maximum atomic E-state index is 11.9. The van der Waals surface area contributed by atoms with E-state index in [9.17, 15) is 9.59 Å². The summed E-state index contributed by atoms with van der Waals surface area (Å²) in [6, 6.07) is 7.20. The van der Waals surface area contributed by atoms with Gasteiger partial charge in [0.2, 0.25) is 11.0 Å². The molecule has 0 atom stereocenters. The van der Waals surface area contributed by atoms with Crippen molar-refractivity contribution < 1.29 is 9.59 Å². The van der Waals surface area contributed by atoms with Gasteiger partial charge in [-0.1, -0.05) is 78.9 Å². The molecule has 1 amide bonds. The number of nitrogens with one attached hydrogen (secondary N) is 1. The number of carbonyl (C=O) groups is 2. The second-order valence-corrected chi connectivity index (χ2v) is 7.07. The highest BCUT2D eigenvalue weighted by molar-refractivity contribution is 9.10. The van der Waals surface area contributed by atoms with Crippen molar-refractivity contribution in [3.8, 4) is 0 Å². The fourth-order valence-electron chi connectivity index (χ4n) is 2.02. The Morgan fingerprint density at radius 2 is 1.91 bits per heavy atom. The van der Waals surface area contributed by atoms with E-state index >= 15 is 0 Å². The van der Waals surface area contributed by atoms with Gasteiger partial charge in [-0.15, -0.1) is 0 Å². The predicted octanol–water partition coefficient (Wildman–Crippen LogP) is 5.31. The molecular weight excluding hydrogens is 374 g/mol. The molecule has 0 aromatic heterocycles. The molecule has 0 aliphatic rings. The Labute approximate surface area is 151 Å². The highest BCUT2D eigenvalue weighted by atomic mass is 79.9. The highest BCUT2D eigenvalue weighted by Gasteiger charge is 2.05. The van der Waals surface area contributed by atoms with Crippen LogP contribution in [-0.4, -0.2) is 17.6 Å². The van der Waals surface area contributed by atoms with E-state index in [0.717, 1.165) is 29.1 Å². The summed E-state index contributed by atoms with van der Waals surface area (Å²) in [5.74, 6) is -0.145. The number of hydrogen-bond donors (Lipinski definition) is 1. The Hall–Kier alpha value is -1.07. The van der Waals surface area contributed by atoms with Gasteiger partial charge in [-0.25, -0.2) is 0 Å². The van der Waals surface area contributed by atoms with Crippen molar-refractivity contribution in [3.05, 3.63) is 45.8 Å². The van der Waals surface area contributed by atoms with E-state index in [1.807, 2.05) is 12.1 Å². The van der Waals surface area contributed by atoms with Crippen molar-refractivity contribution in [1.29, 1.82) is 0 Å². The van der Waals surface area contributed by atoms with Crippen molar-refractivity contribution in [1.82, 2.24) is 5.32 Å². The second kappa shape index (κ2) is 12.4. The van der Waals surface area contributed by atoms with E-state index in [1.54, 1.807) is 17.5 Å². The van der Waals surface area contributed by atoms with Crippen molar-refractivity contribution in [2.24, 2.45) is 0 Å². The number of hydrogen-bond acceptors (Lipinski definition) is 3. The summed E-state index contributed by atoms with van der Waals surface area (Å²) in [5.41, 5.74) is 0.613. The van der Waals surface area contributed by atoms with Gasteiger partial charge in [0, 0.05) is 22.7 Å². The first kappa shape index (κ1) is 20.0. The predicted molar refractivity (Wildman–Crippen MR) is 102 cm³/mol. The Kier molecular flexibility index (Phi) is 10.7. The van der Waals surface area contributed by atoms with Gasteiger partial charge in [0.05, 0.1) is 0 Å². The zero-order chi connectivity index (χ0) is 16.9.